The van der Waals surface area contributed by atoms with Crippen LogP contribution < -0.4 is 10.5 Å². The Morgan fingerprint density at radius 2 is 1.74 bits per heavy atom. The van der Waals surface area contributed by atoms with E-state index in [9.17, 15) is 13.2 Å². The van der Waals surface area contributed by atoms with E-state index in [0.717, 1.165) is 12.1 Å². The van der Waals surface area contributed by atoms with Crippen molar-refractivity contribution in [1.29, 1.82) is 0 Å². The van der Waals surface area contributed by atoms with Crippen molar-refractivity contribution in [2.75, 3.05) is 5.73 Å². The SMILES string of the molecule is Nc1ncc(Oc2ccc(C(F)(F)F)cc2)cc1Br. The van der Waals surface area contributed by atoms with E-state index < -0.39 is 11.7 Å². The first kappa shape index (κ1) is 13.7. The van der Waals surface area contributed by atoms with E-state index >= 15 is 0 Å². The molecule has 0 radical (unpaired) electrons. The van der Waals surface area contributed by atoms with E-state index in [4.69, 9.17) is 10.5 Å². The van der Waals surface area contributed by atoms with E-state index in [2.05, 4.69) is 20.9 Å². The molecule has 0 aliphatic carbocycles. The molecule has 2 aromatic rings. The highest BCUT2D eigenvalue weighted by Crippen LogP contribution is 2.32. The minimum atomic E-state index is -4.36. The standard InChI is InChI=1S/C12H8BrF3N2O/c13-10-5-9(6-18-11(10)17)19-8-3-1-7(2-4-8)12(14,15)16/h1-6H,(H2,17,18). The maximum absolute atomic E-state index is 12.4. The van der Waals surface area contributed by atoms with Crippen LogP contribution in [-0.4, -0.2) is 4.98 Å². The molecule has 1 aromatic carbocycles. The van der Waals surface area contributed by atoms with Gasteiger partial charge in [0, 0.05) is 6.07 Å². The number of rotatable bonds is 2. The lowest BCUT2D eigenvalue weighted by atomic mass is 10.2. The van der Waals surface area contributed by atoms with Crippen molar-refractivity contribution in [2.45, 2.75) is 6.18 Å². The third-order valence-corrected chi connectivity index (χ3v) is 2.90. The lowest BCUT2D eigenvalue weighted by Crippen LogP contribution is -2.04. The molecule has 0 fully saturated rings. The van der Waals surface area contributed by atoms with E-state index in [1.165, 1.54) is 18.3 Å². The number of pyridine rings is 1. The van der Waals surface area contributed by atoms with E-state index in [0.29, 0.717) is 16.0 Å². The number of nitrogen functional groups attached to an aromatic ring is 1. The lowest BCUT2D eigenvalue weighted by molar-refractivity contribution is -0.137. The van der Waals surface area contributed by atoms with Crippen LogP contribution in [0.2, 0.25) is 0 Å². The van der Waals surface area contributed by atoms with Crippen molar-refractivity contribution in [3.8, 4) is 11.5 Å². The number of aromatic nitrogens is 1. The number of halogens is 4. The van der Waals surface area contributed by atoms with Gasteiger partial charge >= 0.3 is 6.18 Å². The third kappa shape index (κ3) is 3.37. The van der Waals surface area contributed by atoms with Crippen LogP contribution in [0.3, 0.4) is 0 Å². The lowest BCUT2D eigenvalue weighted by Gasteiger charge is -2.09. The van der Waals surface area contributed by atoms with Gasteiger partial charge in [-0.2, -0.15) is 13.2 Å². The van der Waals surface area contributed by atoms with E-state index in [-0.39, 0.29) is 5.75 Å². The molecule has 2 N–H and O–H groups in total. The predicted molar refractivity (Wildman–Crippen MR) is 67.9 cm³/mol. The minimum Gasteiger partial charge on any atom is -0.456 e. The largest absolute Gasteiger partial charge is 0.456 e. The summed E-state index contributed by atoms with van der Waals surface area (Å²) in [5.41, 5.74) is 4.79. The molecule has 0 saturated heterocycles. The quantitative estimate of drug-likeness (QED) is 0.894. The summed E-state index contributed by atoms with van der Waals surface area (Å²) in [6.07, 6.45) is -2.97. The molecule has 0 spiro atoms. The molecule has 0 unspecified atom stereocenters. The number of hydrogen-bond donors (Lipinski definition) is 1. The van der Waals surface area contributed by atoms with Gasteiger partial charge in [0.2, 0.25) is 0 Å². The van der Waals surface area contributed by atoms with Crippen molar-refractivity contribution in [3.63, 3.8) is 0 Å². The molecule has 1 aromatic heterocycles. The molecular weight excluding hydrogens is 325 g/mol. The van der Waals surface area contributed by atoms with E-state index in [1.807, 2.05) is 0 Å². The highest BCUT2D eigenvalue weighted by atomic mass is 79.9. The molecule has 7 heteroatoms. The summed E-state index contributed by atoms with van der Waals surface area (Å²) >= 11 is 3.18. The van der Waals surface area contributed by atoms with Crippen LogP contribution >= 0.6 is 15.9 Å². The molecular formula is C12H8BrF3N2O. The summed E-state index contributed by atoms with van der Waals surface area (Å²) < 4.78 is 43.0. The Bertz CT molecular complexity index is 585. The van der Waals surface area contributed by atoms with Gasteiger partial charge in [-0.15, -0.1) is 0 Å². The Labute approximate surface area is 115 Å². The van der Waals surface area contributed by atoms with Crippen molar-refractivity contribution in [1.82, 2.24) is 4.98 Å². The third-order valence-electron chi connectivity index (χ3n) is 2.26. The first-order valence-corrected chi connectivity index (χ1v) is 5.92. The van der Waals surface area contributed by atoms with Gasteiger partial charge in [0.05, 0.1) is 16.2 Å². The highest BCUT2D eigenvalue weighted by Gasteiger charge is 2.30. The molecule has 0 atom stereocenters. The Morgan fingerprint density at radius 1 is 1.11 bits per heavy atom. The van der Waals surface area contributed by atoms with Gasteiger partial charge < -0.3 is 10.5 Å². The second-order valence-corrected chi connectivity index (χ2v) is 4.52. The average molecular weight is 333 g/mol. The minimum absolute atomic E-state index is 0.284. The zero-order valence-corrected chi connectivity index (χ0v) is 11.0. The average Bonchev–Trinajstić information content (AvgIpc) is 2.33. The number of nitrogens with zero attached hydrogens (tertiary/aromatic N) is 1. The zero-order chi connectivity index (χ0) is 14.0. The molecule has 1 heterocycles. The summed E-state index contributed by atoms with van der Waals surface area (Å²) in [6, 6.07) is 5.98. The normalized spacial score (nSPS) is 11.4. The van der Waals surface area contributed by atoms with Crippen LogP contribution in [0.5, 0.6) is 11.5 Å². The summed E-state index contributed by atoms with van der Waals surface area (Å²) in [6.45, 7) is 0. The van der Waals surface area contributed by atoms with Gasteiger partial charge in [-0.3, -0.25) is 0 Å². The van der Waals surface area contributed by atoms with Gasteiger partial charge in [-0.25, -0.2) is 4.98 Å². The molecule has 2 rings (SSSR count). The number of nitrogens with two attached hydrogens (primary N) is 1. The van der Waals surface area contributed by atoms with Crippen LogP contribution in [0.4, 0.5) is 19.0 Å². The van der Waals surface area contributed by atoms with Gasteiger partial charge in [-0.05, 0) is 40.2 Å². The van der Waals surface area contributed by atoms with Crippen molar-refractivity contribution in [3.05, 3.63) is 46.6 Å². The maximum Gasteiger partial charge on any atom is 0.416 e. The van der Waals surface area contributed by atoms with Crippen LogP contribution in [0.1, 0.15) is 5.56 Å². The summed E-state index contributed by atoms with van der Waals surface area (Å²) in [4.78, 5) is 3.86. The first-order valence-electron chi connectivity index (χ1n) is 5.12. The second-order valence-electron chi connectivity index (χ2n) is 3.66. The molecule has 0 bridgehead atoms. The van der Waals surface area contributed by atoms with Gasteiger partial charge in [0.15, 0.2) is 0 Å². The summed E-state index contributed by atoms with van der Waals surface area (Å²) in [5.74, 6) is 0.965. The fourth-order valence-corrected chi connectivity index (χ4v) is 1.66. The number of anilines is 1. The van der Waals surface area contributed by atoms with Crippen LogP contribution in [0.25, 0.3) is 0 Å². The fourth-order valence-electron chi connectivity index (χ4n) is 1.33. The fraction of sp³-hybridized carbons (Fsp3) is 0.0833. The Balaban J connectivity index is 2.17. The van der Waals surface area contributed by atoms with E-state index in [1.54, 1.807) is 6.07 Å². The van der Waals surface area contributed by atoms with Crippen LogP contribution in [0, 0.1) is 0 Å². The summed E-state index contributed by atoms with van der Waals surface area (Å²) in [5, 5.41) is 0. The topological polar surface area (TPSA) is 48.1 Å². The van der Waals surface area contributed by atoms with Crippen molar-refractivity contribution < 1.29 is 17.9 Å². The Hall–Kier alpha value is -1.76. The summed E-state index contributed by atoms with van der Waals surface area (Å²) in [7, 11) is 0. The molecule has 0 aliphatic rings. The first-order chi connectivity index (χ1) is 8.86. The number of hydrogen-bond acceptors (Lipinski definition) is 3. The van der Waals surface area contributed by atoms with Gasteiger partial charge in [-0.1, -0.05) is 0 Å². The highest BCUT2D eigenvalue weighted by molar-refractivity contribution is 9.10. The maximum atomic E-state index is 12.4. The van der Waals surface area contributed by atoms with Gasteiger partial charge in [0.25, 0.3) is 0 Å². The Morgan fingerprint density at radius 3 is 2.26 bits per heavy atom. The van der Waals surface area contributed by atoms with Gasteiger partial charge in [0.1, 0.15) is 17.3 Å². The number of alkyl halides is 3. The van der Waals surface area contributed by atoms with Crippen LogP contribution in [0.15, 0.2) is 41.0 Å². The molecule has 0 saturated carbocycles. The second kappa shape index (κ2) is 5.08. The predicted octanol–water partition coefficient (Wildman–Crippen LogP) is 4.24. The zero-order valence-electron chi connectivity index (χ0n) is 9.41. The van der Waals surface area contributed by atoms with Crippen molar-refractivity contribution in [2.24, 2.45) is 0 Å². The molecule has 0 aliphatic heterocycles. The molecule has 100 valence electrons. The molecule has 0 amide bonds. The Kier molecular flexibility index (Phi) is 3.66. The molecule has 19 heavy (non-hydrogen) atoms. The smallest absolute Gasteiger partial charge is 0.416 e. The van der Waals surface area contributed by atoms with Crippen molar-refractivity contribution >= 4 is 21.7 Å². The monoisotopic (exact) mass is 332 g/mol. The number of ether oxygens (including phenoxy) is 1. The molecule has 3 nitrogen and oxygen atoms in total. The number of benzene rings is 1. The van der Waals surface area contributed by atoms with Crippen LogP contribution in [-0.2, 0) is 6.18 Å².